The Kier molecular flexibility index (Phi) is 17.7. The smallest absolute Gasteiger partial charge is 0.217 e. The zero-order valence-electron chi connectivity index (χ0n) is 29.2. The van der Waals surface area contributed by atoms with Gasteiger partial charge in [-0.3, -0.25) is 19.6 Å². The van der Waals surface area contributed by atoms with Gasteiger partial charge in [-0.2, -0.15) is 0 Å². The molecule has 15 atom stereocenters. The number of hydrogen-bond acceptors (Lipinski definition) is 17. The van der Waals surface area contributed by atoms with Crippen molar-refractivity contribution in [2.75, 3.05) is 52.9 Å². The molecule has 3 heterocycles. The van der Waals surface area contributed by atoms with Crippen molar-refractivity contribution in [3.8, 4) is 0 Å². The van der Waals surface area contributed by atoms with Crippen LogP contribution < -0.4 is 16.0 Å². The van der Waals surface area contributed by atoms with Gasteiger partial charge in [-0.05, 0) is 6.42 Å². The van der Waals surface area contributed by atoms with Crippen LogP contribution in [0.4, 0.5) is 0 Å². The summed E-state index contributed by atoms with van der Waals surface area (Å²) < 4.78 is 35.6. The highest BCUT2D eigenvalue weighted by Gasteiger charge is 2.50. The average Bonchev–Trinajstić information content (AvgIpc) is 3.08. The molecule has 10 N–H and O–H groups in total. The van der Waals surface area contributed by atoms with E-state index >= 15 is 0 Å². The van der Waals surface area contributed by atoms with Gasteiger partial charge >= 0.3 is 0 Å². The molecule has 20 nitrogen and oxygen atoms in total. The molecule has 3 aliphatic rings. The van der Waals surface area contributed by atoms with Crippen molar-refractivity contribution in [1.29, 1.82) is 0 Å². The molecule has 51 heavy (non-hydrogen) atoms. The van der Waals surface area contributed by atoms with E-state index in [1.807, 2.05) is 6.92 Å². The van der Waals surface area contributed by atoms with E-state index in [0.717, 1.165) is 0 Å². The number of carbonyl (C=O) groups is 3. The van der Waals surface area contributed by atoms with Crippen LogP contribution in [0.1, 0.15) is 34.1 Å². The molecule has 0 aromatic heterocycles. The van der Waals surface area contributed by atoms with Crippen LogP contribution >= 0.6 is 0 Å². The van der Waals surface area contributed by atoms with E-state index in [1.165, 1.54) is 20.8 Å². The van der Waals surface area contributed by atoms with Gasteiger partial charge in [-0.1, -0.05) is 6.92 Å². The second kappa shape index (κ2) is 20.9. The summed E-state index contributed by atoms with van der Waals surface area (Å²) in [6.07, 6.45) is -10.9. The van der Waals surface area contributed by atoms with Crippen molar-refractivity contribution in [1.82, 2.24) is 16.0 Å². The first-order valence-electron chi connectivity index (χ1n) is 17.0. The number of nitrogens with one attached hydrogen (secondary N) is 3. The minimum Gasteiger partial charge on any atom is -0.394 e. The molecule has 0 aromatic rings. The van der Waals surface area contributed by atoms with Crippen LogP contribution in [0.25, 0.3) is 0 Å². The molecule has 6 unspecified atom stereocenters. The first-order chi connectivity index (χ1) is 24.3. The van der Waals surface area contributed by atoms with E-state index < -0.39 is 129 Å². The molecule has 0 bridgehead atoms. The monoisotopic (exact) mass is 741 g/mol. The minimum atomic E-state index is -1.60. The summed E-state index contributed by atoms with van der Waals surface area (Å²) in [6, 6.07) is -3.09. The minimum absolute atomic E-state index is 0.113. The molecule has 3 aliphatic heterocycles. The predicted octanol–water partition coefficient (Wildman–Crippen LogP) is -4.63. The van der Waals surface area contributed by atoms with Gasteiger partial charge in [-0.15, -0.1) is 0 Å². The lowest BCUT2D eigenvalue weighted by molar-refractivity contribution is -0.347. The van der Waals surface area contributed by atoms with Crippen LogP contribution in [0.15, 0.2) is 0 Å². The predicted molar refractivity (Wildman–Crippen MR) is 170 cm³/mol. The quantitative estimate of drug-likeness (QED) is 0.0467. The summed E-state index contributed by atoms with van der Waals surface area (Å²) in [5.41, 5.74) is 0. The summed E-state index contributed by atoms with van der Waals surface area (Å²) in [7, 11) is 0. The maximum atomic E-state index is 12.4. The van der Waals surface area contributed by atoms with Crippen molar-refractivity contribution >= 4 is 17.7 Å². The second-order valence-electron chi connectivity index (χ2n) is 13.0. The maximum absolute atomic E-state index is 12.4. The Balaban J connectivity index is 1.78. The molecular formula is C31H55N3O17. The zero-order valence-corrected chi connectivity index (χ0v) is 29.2. The second-order valence-corrected chi connectivity index (χ2v) is 13.0. The van der Waals surface area contributed by atoms with Crippen molar-refractivity contribution in [3.63, 3.8) is 0 Å². The van der Waals surface area contributed by atoms with Crippen molar-refractivity contribution in [2.24, 2.45) is 11.8 Å². The van der Waals surface area contributed by atoms with Gasteiger partial charge in [0.15, 0.2) is 6.29 Å². The standard InChI is InChI=1S/C31H55N3O17/c1-5-6-47-29-17(10-45-12-22-24(32-14(2)38)28(42)27(41)21(9-37)49-22)19(7-35)48-23(25(29)33-15(3)39)13-46-11-18-20(8-36)50-31(43)26(30(18)51-44)34-16(4)40/h17-31,35-37,41-44H,5-13H2,1-4H3,(H,32,38)(H,33,39)(H,34,40)/t17-,18+,19?,20?,21?,22+,23+,24?,25?,26?,27-,28-,29+,30+,31-/m1/s1. The number of ether oxygens (including phenoxy) is 6. The lowest BCUT2D eigenvalue weighted by atomic mass is 9.85. The SMILES string of the molecule is CCCO[C@@H]1C(NC(C)=O)[C@H](COC[C@H]2C(CO)O[C@@H](O)C(NC(C)=O)[C@H]2OO)OC(CO)[C@H]1COC[C@@H]1OC(CO)[C@@H](O)[C@H](O)C1NC(C)=O. The van der Waals surface area contributed by atoms with Crippen molar-refractivity contribution in [3.05, 3.63) is 0 Å². The molecule has 296 valence electrons. The molecule has 0 radical (unpaired) electrons. The summed E-state index contributed by atoms with van der Waals surface area (Å²) in [5, 5.41) is 78.8. The molecule has 3 saturated heterocycles. The molecule has 0 saturated carbocycles. The Labute approximate surface area is 295 Å². The van der Waals surface area contributed by atoms with E-state index in [-0.39, 0.29) is 33.0 Å². The lowest BCUT2D eigenvalue weighted by Crippen LogP contribution is -2.66. The highest BCUT2D eigenvalue weighted by Crippen LogP contribution is 2.32. The van der Waals surface area contributed by atoms with E-state index in [9.17, 15) is 50.3 Å². The third-order valence-electron chi connectivity index (χ3n) is 9.20. The number of hydrogen-bond donors (Lipinski definition) is 10. The van der Waals surface area contributed by atoms with Crippen molar-refractivity contribution < 1.29 is 83.6 Å². The molecule has 20 heteroatoms. The van der Waals surface area contributed by atoms with Crippen LogP contribution in [0.3, 0.4) is 0 Å². The van der Waals surface area contributed by atoms with Gasteiger partial charge < -0.3 is 75.0 Å². The largest absolute Gasteiger partial charge is 0.394 e. The first-order valence-corrected chi connectivity index (χ1v) is 17.0. The van der Waals surface area contributed by atoms with Crippen LogP contribution in [0, 0.1) is 11.8 Å². The Bertz CT molecular complexity index is 1090. The fourth-order valence-corrected chi connectivity index (χ4v) is 6.82. The molecular weight excluding hydrogens is 686 g/mol. The number of carbonyl (C=O) groups excluding carboxylic acids is 3. The van der Waals surface area contributed by atoms with Gasteiger partial charge in [0, 0.05) is 39.2 Å². The van der Waals surface area contributed by atoms with Crippen LogP contribution in [0.2, 0.25) is 0 Å². The lowest BCUT2D eigenvalue weighted by Gasteiger charge is -2.47. The van der Waals surface area contributed by atoms with E-state index in [1.54, 1.807) is 0 Å². The van der Waals surface area contributed by atoms with Gasteiger partial charge in [0.1, 0.15) is 42.7 Å². The first kappa shape index (κ1) is 43.3. The molecule has 3 rings (SSSR count). The summed E-state index contributed by atoms with van der Waals surface area (Å²) in [4.78, 5) is 40.6. The molecule has 0 aliphatic carbocycles. The topological polar surface area (TPSA) is 294 Å². The fourth-order valence-electron chi connectivity index (χ4n) is 6.82. The normalized spacial score (nSPS) is 38.5. The van der Waals surface area contributed by atoms with Gasteiger partial charge in [-0.25, -0.2) is 4.89 Å². The zero-order chi connectivity index (χ0) is 37.8. The van der Waals surface area contributed by atoms with E-state index in [2.05, 4.69) is 20.8 Å². The van der Waals surface area contributed by atoms with E-state index in [0.29, 0.717) is 6.42 Å². The number of amides is 3. The van der Waals surface area contributed by atoms with Gasteiger partial charge in [0.05, 0.1) is 76.6 Å². The van der Waals surface area contributed by atoms with Gasteiger partial charge in [0.25, 0.3) is 0 Å². The highest BCUT2D eigenvalue weighted by molar-refractivity contribution is 5.74. The average molecular weight is 742 g/mol. The van der Waals surface area contributed by atoms with Crippen LogP contribution in [-0.2, 0) is 47.7 Å². The number of aliphatic hydroxyl groups is 6. The highest BCUT2D eigenvalue weighted by atomic mass is 17.1. The third kappa shape index (κ3) is 11.4. The van der Waals surface area contributed by atoms with E-state index in [4.69, 9.17) is 28.4 Å². The Morgan fingerprint density at radius 1 is 0.608 bits per heavy atom. The summed E-state index contributed by atoms with van der Waals surface area (Å²) in [6.45, 7) is 3.48. The fraction of sp³-hybridized carbons (Fsp3) is 0.903. The van der Waals surface area contributed by atoms with Crippen LogP contribution in [0.5, 0.6) is 0 Å². The molecule has 0 spiro atoms. The van der Waals surface area contributed by atoms with Crippen LogP contribution in [-0.4, -0.2) is 186 Å². The van der Waals surface area contributed by atoms with Crippen molar-refractivity contribution in [2.45, 2.75) is 113 Å². The Morgan fingerprint density at radius 3 is 1.59 bits per heavy atom. The third-order valence-corrected chi connectivity index (χ3v) is 9.20. The molecule has 3 fully saturated rings. The Morgan fingerprint density at radius 2 is 1.08 bits per heavy atom. The Hall–Kier alpha value is -2.15. The molecule has 0 aromatic carbocycles. The molecule has 3 amide bonds. The maximum Gasteiger partial charge on any atom is 0.217 e. The number of rotatable bonds is 18. The summed E-state index contributed by atoms with van der Waals surface area (Å²) in [5.74, 6) is -3.01. The van der Waals surface area contributed by atoms with Gasteiger partial charge in [0.2, 0.25) is 17.7 Å². The summed E-state index contributed by atoms with van der Waals surface area (Å²) >= 11 is 0. The number of aliphatic hydroxyl groups excluding tert-OH is 6.